The highest BCUT2D eigenvalue weighted by atomic mass is 32.2. The lowest BCUT2D eigenvalue weighted by molar-refractivity contribution is 0.102. The fourth-order valence-corrected chi connectivity index (χ4v) is 3.99. The third-order valence-electron chi connectivity index (χ3n) is 4.83. The summed E-state index contributed by atoms with van der Waals surface area (Å²) in [5, 5.41) is 5.77. The molecule has 156 valence electrons. The Morgan fingerprint density at radius 2 is 2.03 bits per heavy atom. The van der Waals surface area contributed by atoms with E-state index in [0.717, 1.165) is 28.7 Å². The summed E-state index contributed by atoms with van der Waals surface area (Å²) >= 11 is 1.67. The Morgan fingerprint density at radius 1 is 1.23 bits per heavy atom. The van der Waals surface area contributed by atoms with Crippen LogP contribution in [0.15, 0.2) is 73.2 Å². The minimum Gasteiger partial charge on any atom is -0.383 e. The van der Waals surface area contributed by atoms with Crippen LogP contribution in [0.5, 0.6) is 0 Å². The van der Waals surface area contributed by atoms with E-state index in [9.17, 15) is 4.79 Å². The first kappa shape index (κ1) is 20.6. The summed E-state index contributed by atoms with van der Waals surface area (Å²) in [6.07, 6.45) is 5.16. The molecule has 0 spiro atoms. The van der Waals surface area contributed by atoms with Crippen molar-refractivity contribution in [1.29, 1.82) is 0 Å². The number of hydrogen-bond acceptors (Lipinski definition) is 6. The van der Waals surface area contributed by atoms with Crippen LogP contribution in [-0.4, -0.2) is 30.7 Å². The average Bonchev–Trinajstić information content (AvgIpc) is 3.14. The van der Waals surface area contributed by atoms with Gasteiger partial charge in [-0.25, -0.2) is 15.0 Å². The van der Waals surface area contributed by atoms with Crippen LogP contribution in [0.1, 0.15) is 17.3 Å². The second-order valence-electron chi connectivity index (χ2n) is 7.01. The van der Waals surface area contributed by atoms with Crippen molar-refractivity contribution in [3.63, 3.8) is 0 Å². The zero-order valence-corrected chi connectivity index (χ0v) is 17.8. The molecule has 0 aliphatic rings. The Morgan fingerprint density at radius 3 is 2.74 bits per heavy atom. The number of aromatic nitrogens is 4. The number of pyridine rings is 1. The number of nitrogens with two attached hydrogens (primary N) is 1. The SMILES string of the molecule is C=CSC(C)Cn1cc(-c2ccc(C(=O)Nc3ccccn3)cc2)c2c(N)ncnc21. The molecular weight excluding hydrogens is 408 g/mol. The molecule has 0 saturated heterocycles. The lowest BCUT2D eigenvalue weighted by atomic mass is 10.0. The summed E-state index contributed by atoms with van der Waals surface area (Å²) in [5.74, 6) is 0.724. The predicted octanol–water partition coefficient (Wildman–Crippen LogP) is 4.59. The molecule has 8 heteroatoms. The Kier molecular flexibility index (Phi) is 5.99. The normalized spacial score (nSPS) is 11.9. The zero-order valence-electron chi connectivity index (χ0n) is 17.0. The van der Waals surface area contributed by atoms with E-state index in [4.69, 9.17) is 5.73 Å². The van der Waals surface area contributed by atoms with Crippen molar-refractivity contribution in [1.82, 2.24) is 19.5 Å². The van der Waals surface area contributed by atoms with E-state index >= 15 is 0 Å². The fraction of sp³-hybridized carbons (Fsp3) is 0.130. The quantitative estimate of drug-likeness (QED) is 0.445. The average molecular weight is 431 g/mol. The Labute approximate surface area is 184 Å². The first-order valence-electron chi connectivity index (χ1n) is 9.75. The number of nitrogens with zero attached hydrogens (tertiary/aromatic N) is 4. The van der Waals surface area contributed by atoms with E-state index in [-0.39, 0.29) is 5.91 Å². The molecule has 3 N–H and O–H groups in total. The molecule has 1 unspecified atom stereocenters. The van der Waals surface area contributed by atoms with Gasteiger partial charge in [-0.15, -0.1) is 11.8 Å². The number of carbonyl (C=O) groups excluding carboxylic acids is 1. The highest BCUT2D eigenvalue weighted by Crippen LogP contribution is 2.33. The molecule has 4 rings (SSSR count). The molecule has 0 saturated carbocycles. The summed E-state index contributed by atoms with van der Waals surface area (Å²) in [5.41, 5.74) is 9.40. The third-order valence-corrected chi connectivity index (χ3v) is 5.64. The van der Waals surface area contributed by atoms with Gasteiger partial charge in [-0.05, 0) is 35.2 Å². The van der Waals surface area contributed by atoms with Crippen LogP contribution >= 0.6 is 11.8 Å². The number of fused-ring (bicyclic) bond motifs is 1. The van der Waals surface area contributed by atoms with Crippen molar-refractivity contribution < 1.29 is 4.79 Å². The van der Waals surface area contributed by atoms with Gasteiger partial charge in [-0.2, -0.15) is 0 Å². The van der Waals surface area contributed by atoms with E-state index < -0.39 is 0 Å². The number of nitrogens with one attached hydrogen (secondary N) is 1. The predicted molar refractivity (Wildman–Crippen MR) is 127 cm³/mol. The first-order chi connectivity index (χ1) is 15.1. The van der Waals surface area contributed by atoms with Crippen molar-refractivity contribution in [3.8, 4) is 11.1 Å². The largest absolute Gasteiger partial charge is 0.383 e. The van der Waals surface area contributed by atoms with Gasteiger partial charge in [-0.1, -0.05) is 31.7 Å². The molecule has 1 aromatic carbocycles. The number of benzene rings is 1. The number of anilines is 2. The van der Waals surface area contributed by atoms with E-state index in [0.29, 0.717) is 22.4 Å². The number of nitrogen functional groups attached to an aromatic ring is 1. The molecule has 3 heterocycles. The summed E-state index contributed by atoms with van der Waals surface area (Å²) in [7, 11) is 0. The maximum Gasteiger partial charge on any atom is 0.256 e. The van der Waals surface area contributed by atoms with Crippen molar-refractivity contribution in [2.75, 3.05) is 11.1 Å². The zero-order chi connectivity index (χ0) is 21.8. The van der Waals surface area contributed by atoms with Crippen LogP contribution in [-0.2, 0) is 6.54 Å². The molecule has 0 aliphatic heterocycles. The van der Waals surface area contributed by atoms with Gasteiger partial charge < -0.3 is 15.6 Å². The summed E-state index contributed by atoms with van der Waals surface area (Å²) in [4.78, 5) is 25.3. The van der Waals surface area contributed by atoms with E-state index in [1.54, 1.807) is 42.2 Å². The van der Waals surface area contributed by atoms with Crippen molar-refractivity contribution in [2.45, 2.75) is 18.7 Å². The molecule has 31 heavy (non-hydrogen) atoms. The highest BCUT2D eigenvalue weighted by molar-refractivity contribution is 8.02. The van der Waals surface area contributed by atoms with Crippen LogP contribution < -0.4 is 11.1 Å². The van der Waals surface area contributed by atoms with Gasteiger partial charge in [0.2, 0.25) is 0 Å². The van der Waals surface area contributed by atoms with Gasteiger partial charge >= 0.3 is 0 Å². The van der Waals surface area contributed by atoms with Crippen LogP contribution in [0.2, 0.25) is 0 Å². The van der Waals surface area contributed by atoms with E-state index in [1.165, 1.54) is 6.33 Å². The second-order valence-corrected chi connectivity index (χ2v) is 8.42. The van der Waals surface area contributed by atoms with E-state index in [1.807, 2.05) is 29.8 Å². The minimum atomic E-state index is -0.217. The smallest absolute Gasteiger partial charge is 0.256 e. The fourth-order valence-electron chi connectivity index (χ4n) is 3.42. The molecular formula is C23H22N6OS. The lowest BCUT2D eigenvalue weighted by Crippen LogP contribution is -2.12. The van der Waals surface area contributed by atoms with Gasteiger partial charge in [0.05, 0.1) is 5.39 Å². The molecule has 1 atom stereocenters. The Balaban J connectivity index is 1.65. The van der Waals surface area contributed by atoms with Gasteiger partial charge in [0.1, 0.15) is 23.6 Å². The van der Waals surface area contributed by atoms with Gasteiger partial charge in [0, 0.05) is 35.3 Å². The monoisotopic (exact) mass is 430 g/mol. The van der Waals surface area contributed by atoms with E-state index in [2.05, 4.69) is 38.3 Å². The van der Waals surface area contributed by atoms with Gasteiger partial charge in [0.15, 0.2) is 0 Å². The molecule has 0 bridgehead atoms. The van der Waals surface area contributed by atoms with Crippen LogP contribution in [0.4, 0.5) is 11.6 Å². The van der Waals surface area contributed by atoms with Crippen LogP contribution in [0.25, 0.3) is 22.2 Å². The van der Waals surface area contributed by atoms with Crippen molar-refractivity contribution in [2.24, 2.45) is 0 Å². The van der Waals surface area contributed by atoms with Gasteiger partial charge in [-0.3, -0.25) is 4.79 Å². The maximum atomic E-state index is 12.5. The number of hydrogen-bond donors (Lipinski definition) is 2. The number of amides is 1. The third kappa shape index (κ3) is 4.44. The standard InChI is InChI=1S/C23H22N6OS/c1-3-31-15(2)12-29-13-18(20-21(24)26-14-27-22(20)29)16-7-9-17(10-8-16)23(30)28-19-6-4-5-11-25-19/h3-11,13-15H,1,12H2,2H3,(H2,24,26,27)(H,25,28,30). The number of carbonyl (C=O) groups is 1. The highest BCUT2D eigenvalue weighted by Gasteiger charge is 2.17. The minimum absolute atomic E-state index is 0.217. The maximum absolute atomic E-state index is 12.5. The Hall–Kier alpha value is -3.65. The molecule has 0 aliphatic carbocycles. The molecule has 3 aromatic heterocycles. The van der Waals surface area contributed by atoms with Crippen molar-refractivity contribution >= 4 is 40.3 Å². The molecule has 7 nitrogen and oxygen atoms in total. The number of thioether (sulfide) groups is 1. The van der Waals surface area contributed by atoms with Crippen LogP contribution in [0.3, 0.4) is 0 Å². The molecule has 0 radical (unpaired) electrons. The summed E-state index contributed by atoms with van der Waals surface area (Å²) < 4.78 is 2.09. The van der Waals surface area contributed by atoms with Crippen LogP contribution in [0, 0.1) is 0 Å². The summed E-state index contributed by atoms with van der Waals surface area (Å²) in [6.45, 7) is 6.69. The summed E-state index contributed by atoms with van der Waals surface area (Å²) in [6, 6.07) is 12.7. The van der Waals surface area contributed by atoms with Crippen molar-refractivity contribution in [3.05, 3.63) is 78.7 Å². The Bertz CT molecular complexity index is 1220. The molecule has 1 amide bonds. The molecule has 4 aromatic rings. The molecule has 0 fully saturated rings. The second kappa shape index (κ2) is 9.01. The topological polar surface area (TPSA) is 98.7 Å². The lowest BCUT2D eigenvalue weighted by Gasteiger charge is -2.10. The van der Waals surface area contributed by atoms with Gasteiger partial charge in [0.25, 0.3) is 5.91 Å². The first-order valence-corrected chi connectivity index (χ1v) is 10.7. The number of rotatable bonds is 7.